The maximum Gasteiger partial charge on any atom is 0.213 e. The lowest BCUT2D eigenvalue weighted by Crippen LogP contribution is -2.36. The molecular formula is C23H33IN4O3. The van der Waals surface area contributed by atoms with Gasteiger partial charge in [-0.1, -0.05) is 18.2 Å². The number of ether oxygens (including phenoxy) is 3. The van der Waals surface area contributed by atoms with Crippen molar-refractivity contribution in [3.63, 3.8) is 0 Å². The average molecular weight is 540 g/mol. The zero-order valence-electron chi connectivity index (χ0n) is 18.5. The minimum atomic E-state index is 0. The summed E-state index contributed by atoms with van der Waals surface area (Å²) in [6.45, 7) is 5.14. The first-order valence-corrected chi connectivity index (χ1v) is 10.4. The predicted octanol–water partition coefficient (Wildman–Crippen LogP) is 3.69. The topological polar surface area (TPSA) is 77.0 Å². The van der Waals surface area contributed by atoms with E-state index in [0.29, 0.717) is 38.1 Å². The average Bonchev–Trinajstić information content (AvgIpc) is 3.59. The van der Waals surface area contributed by atoms with E-state index in [9.17, 15) is 0 Å². The van der Waals surface area contributed by atoms with Gasteiger partial charge in [-0.2, -0.15) is 0 Å². The molecule has 1 aromatic carbocycles. The first-order valence-electron chi connectivity index (χ1n) is 10.4. The van der Waals surface area contributed by atoms with Gasteiger partial charge in [0.05, 0.1) is 13.2 Å². The fourth-order valence-corrected chi connectivity index (χ4v) is 2.85. The Hall–Kier alpha value is -2.07. The number of hydrogen-bond acceptors (Lipinski definition) is 5. The van der Waals surface area contributed by atoms with Crippen molar-refractivity contribution in [3.8, 4) is 11.6 Å². The van der Waals surface area contributed by atoms with Gasteiger partial charge < -0.3 is 24.8 Å². The smallest absolute Gasteiger partial charge is 0.213 e. The highest BCUT2D eigenvalue weighted by Crippen LogP contribution is 2.29. The molecule has 1 fully saturated rings. The second-order valence-corrected chi connectivity index (χ2v) is 7.49. The van der Waals surface area contributed by atoms with E-state index in [1.165, 1.54) is 12.8 Å². The fourth-order valence-electron chi connectivity index (χ4n) is 2.85. The van der Waals surface area contributed by atoms with Crippen LogP contribution in [0.3, 0.4) is 0 Å². The number of hydrogen-bond donors (Lipinski definition) is 2. The number of guanidine groups is 1. The molecule has 1 aliphatic rings. The monoisotopic (exact) mass is 540 g/mol. The van der Waals surface area contributed by atoms with Crippen molar-refractivity contribution in [2.45, 2.75) is 32.9 Å². The van der Waals surface area contributed by atoms with Gasteiger partial charge in [-0.25, -0.2) is 4.98 Å². The number of nitrogens with one attached hydrogen (secondary N) is 2. The summed E-state index contributed by atoms with van der Waals surface area (Å²) < 4.78 is 16.6. The van der Waals surface area contributed by atoms with Crippen molar-refractivity contribution in [1.82, 2.24) is 15.6 Å². The van der Waals surface area contributed by atoms with Crippen LogP contribution < -0.4 is 20.1 Å². The summed E-state index contributed by atoms with van der Waals surface area (Å²) in [4.78, 5) is 8.68. The molecular weight excluding hydrogens is 507 g/mol. The maximum absolute atomic E-state index is 5.86. The Morgan fingerprint density at radius 2 is 1.90 bits per heavy atom. The Kier molecular flexibility index (Phi) is 10.9. The fraction of sp³-hybridized carbons (Fsp3) is 0.478. The summed E-state index contributed by atoms with van der Waals surface area (Å²) in [5, 5.41) is 6.66. The van der Waals surface area contributed by atoms with Gasteiger partial charge in [0, 0.05) is 45.1 Å². The number of aryl methyl sites for hydroxylation is 1. The van der Waals surface area contributed by atoms with E-state index in [1.54, 1.807) is 14.2 Å². The van der Waals surface area contributed by atoms with Crippen LogP contribution in [0.15, 0.2) is 41.5 Å². The minimum Gasteiger partial charge on any atom is -0.491 e. The molecule has 2 aromatic rings. The highest BCUT2D eigenvalue weighted by Gasteiger charge is 2.22. The third-order valence-electron chi connectivity index (χ3n) is 4.86. The highest BCUT2D eigenvalue weighted by atomic mass is 127. The quantitative estimate of drug-likeness (QED) is 0.196. The molecule has 0 aliphatic heterocycles. The Balaban J connectivity index is 0.00000341. The predicted molar refractivity (Wildman–Crippen MR) is 133 cm³/mol. The van der Waals surface area contributed by atoms with Gasteiger partial charge in [-0.15, -0.1) is 24.0 Å². The summed E-state index contributed by atoms with van der Waals surface area (Å²) in [5.41, 5.74) is 3.29. The molecule has 31 heavy (non-hydrogen) atoms. The Bertz CT molecular complexity index is 826. The van der Waals surface area contributed by atoms with Gasteiger partial charge in [0.15, 0.2) is 5.96 Å². The van der Waals surface area contributed by atoms with E-state index in [4.69, 9.17) is 14.2 Å². The van der Waals surface area contributed by atoms with Crippen molar-refractivity contribution in [1.29, 1.82) is 0 Å². The Morgan fingerprint density at radius 3 is 2.58 bits per heavy atom. The second-order valence-electron chi connectivity index (χ2n) is 7.49. The first-order chi connectivity index (χ1) is 14.7. The number of methoxy groups -OCH3 is 1. The number of pyridine rings is 1. The van der Waals surface area contributed by atoms with E-state index < -0.39 is 0 Å². The van der Waals surface area contributed by atoms with Crippen LogP contribution in [0.5, 0.6) is 11.6 Å². The summed E-state index contributed by atoms with van der Waals surface area (Å²) >= 11 is 0. The summed E-state index contributed by atoms with van der Waals surface area (Å²) in [6, 6.07) is 10.1. The molecule has 0 atom stereocenters. The van der Waals surface area contributed by atoms with Crippen LogP contribution in [-0.4, -0.2) is 44.9 Å². The van der Waals surface area contributed by atoms with Crippen LogP contribution in [0.4, 0.5) is 0 Å². The normalized spacial score (nSPS) is 13.3. The van der Waals surface area contributed by atoms with Crippen molar-refractivity contribution < 1.29 is 14.2 Å². The number of aromatic nitrogens is 1. The molecule has 1 aromatic heterocycles. The molecule has 2 N–H and O–H groups in total. The molecule has 3 rings (SSSR count). The number of rotatable bonds is 11. The van der Waals surface area contributed by atoms with E-state index in [2.05, 4.69) is 39.7 Å². The van der Waals surface area contributed by atoms with Crippen molar-refractivity contribution in [3.05, 3.63) is 53.2 Å². The molecule has 1 heterocycles. The van der Waals surface area contributed by atoms with Crippen LogP contribution >= 0.6 is 24.0 Å². The molecule has 0 radical (unpaired) electrons. The van der Waals surface area contributed by atoms with Crippen LogP contribution in [0.25, 0.3) is 0 Å². The molecule has 7 nitrogen and oxygen atoms in total. The molecule has 8 heteroatoms. The van der Waals surface area contributed by atoms with Crippen LogP contribution in [0, 0.1) is 12.8 Å². The van der Waals surface area contributed by atoms with Gasteiger partial charge in [0.1, 0.15) is 12.4 Å². The molecule has 1 aliphatic carbocycles. The maximum atomic E-state index is 5.86. The standard InChI is InChI=1S/C23H32N4O3.HI/c1-17-4-8-20(21(12-17)29-11-10-28-3)15-27-23(24-2)26-14-19-7-9-22(25-13-19)30-16-18-5-6-18;/h4,7-9,12-13,18H,5-6,10-11,14-16H2,1-3H3,(H2,24,26,27);1H. The van der Waals surface area contributed by atoms with Gasteiger partial charge in [0.2, 0.25) is 5.88 Å². The summed E-state index contributed by atoms with van der Waals surface area (Å²) in [5.74, 6) is 2.99. The first kappa shape index (κ1) is 25.2. The number of halogens is 1. The van der Waals surface area contributed by atoms with Crippen LogP contribution in [0.2, 0.25) is 0 Å². The van der Waals surface area contributed by atoms with Gasteiger partial charge in [0.25, 0.3) is 0 Å². The molecule has 170 valence electrons. The third-order valence-corrected chi connectivity index (χ3v) is 4.86. The second kappa shape index (κ2) is 13.4. The van der Waals surface area contributed by atoms with Gasteiger partial charge in [-0.3, -0.25) is 4.99 Å². The lowest BCUT2D eigenvalue weighted by molar-refractivity contribution is 0.145. The number of aliphatic imine (C=N–C) groups is 1. The van der Waals surface area contributed by atoms with Crippen LogP contribution in [-0.2, 0) is 17.8 Å². The molecule has 0 spiro atoms. The molecule has 0 saturated heterocycles. The van der Waals surface area contributed by atoms with E-state index in [0.717, 1.165) is 35.0 Å². The van der Waals surface area contributed by atoms with E-state index in [1.807, 2.05) is 24.4 Å². The largest absolute Gasteiger partial charge is 0.491 e. The number of benzene rings is 1. The zero-order chi connectivity index (χ0) is 21.2. The number of nitrogens with zero attached hydrogens (tertiary/aromatic N) is 2. The van der Waals surface area contributed by atoms with E-state index in [-0.39, 0.29) is 24.0 Å². The highest BCUT2D eigenvalue weighted by molar-refractivity contribution is 14.0. The van der Waals surface area contributed by atoms with Gasteiger partial charge in [-0.05, 0) is 42.9 Å². The lowest BCUT2D eigenvalue weighted by atomic mass is 10.1. The summed E-state index contributed by atoms with van der Waals surface area (Å²) in [7, 11) is 3.43. The molecule has 0 unspecified atom stereocenters. The molecule has 0 bridgehead atoms. The van der Waals surface area contributed by atoms with Crippen molar-refractivity contribution in [2.24, 2.45) is 10.9 Å². The van der Waals surface area contributed by atoms with Crippen molar-refractivity contribution >= 4 is 29.9 Å². The van der Waals surface area contributed by atoms with Crippen molar-refractivity contribution in [2.75, 3.05) is 34.0 Å². The summed E-state index contributed by atoms with van der Waals surface area (Å²) in [6.07, 6.45) is 4.39. The van der Waals surface area contributed by atoms with E-state index >= 15 is 0 Å². The lowest BCUT2D eigenvalue weighted by Gasteiger charge is -2.15. The molecule has 1 saturated carbocycles. The Morgan fingerprint density at radius 1 is 1.10 bits per heavy atom. The Labute approximate surface area is 202 Å². The third kappa shape index (κ3) is 8.90. The SMILES string of the molecule is CN=C(NCc1ccc(OCC2CC2)nc1)NCc1ccc(C)cc1OCCOC.I. The zero-order valence-corrected chi connectivity index (χ0v) is 20.8. The molecule has 0 amide bonds. The minimum absolute atomic E-state index is 0. The van der Waals surface area contributed by atoms with Crippen LogP contribution in [0.1, 0.15) is 29.5 Å². The van der Waals surface area contributed by atoms with Gasteiger partial charge >= 0.3 is 0 Å².